The van der Waals surface area contributed by atoms with Gasteiger partial charge >= 0.3 is 5.69 Å². The molecule has 3 rings (SSSR count). The van der Waals surface area contributed by atoms with Crippen molar-refractivity contribution in [2.24, 2.45) is 0 Å². The highest BCUT2D eigenvalue weighted by Crippen LogP contribution is 2.32. The van der Waals surface area contributed by atoms with E-state index in [1.165, 1.54) is 22.4 Å². The van der Waals surface area contributed by atoms with E-state index in [4.69, 9.17) is 0 Å². The summed E-state index contributed by atoms with van der Waals surface area (Å²) < 4.78 is 17.0. The first-order valence-corrected chi connectivity index (χ1v) is 8.76. The van der Waals surface area contributed by atoms with Gasteiger partial charge in [0.15, 0.2) is 0 Å². The number of nitriles is 1. The van der Waals surface area contributed by atoms with Gasteiger partial charge in [-0.15, -0.1) is 11.8 Å². The van der Waals surface area contributed by atoms with E-state index in [1.54, 1.807) is 0 Å². The number of aromatic nitrogens is 2. The Morgan fingerprint density at radius 3 is 2.75 bits per heavy atom. The van der Waals surface area contributed by atoms with Crippen LogP contribution in [0.4, 0.5) is 4.39 Å². The van der Waals surface area contributed by atoms with Crippen molar-refractivity contribution in [3.63, 3.8) is 0 Å². The third kappa shape index (κ3) is 2.71. The highest BCUT2D eigenvalue weighted by molar-refractivity contribution is 8.00. The predicted molar refractivity (Wildman–Crippen MR) is 90.3 cm³/mol. The Bertz CT molecular complexity index is 893. The summed E-state index contributed by atoms with van der Waals surface area (Å²) in [4.78, 5) is 13.2. The number of aromatic hydroxyl groups is 1. The summed E-state index contributed by atoms with van der Waals surface area (Å²) in [5.41, 5.74) is 0.326. The molecule has 0 fully saturated rings. The van der Waals surface area contributed by atoms with Crippen LogP contribution in [0.5, 0.6) is 5.88 Å². The summed E-state index contributed by atoms with van der Waals surface area (Å²) in [6.07, 6.45) is 2.35. The minimum absolute atomic E-state index is 0.0125. The Hall–Kier alpha value is -2.20. The van der Waals surface area contributed by atoms with Crippen LogP contribution in [0.2, 0.25) is 0 Å². The molecule has 0 aliphatic carbocycles. The molecule has 0 unspecified atom stereocenters. The Kier molecular flexibility index (Phi) is 4.41. The van der Waals surface area contributed by atoms with Gasteiger partial charge in [-0.1, -0.05) is 13.8 Å². The van der Waals surface area contributed by atoms with Crippen molar-refractivity contribution in [2.75, 3.05) is 0 Å². The maximum Gasteiger partial charge on any atom is 0.336 e. The molecule has 0 saturated heterocycles. The average Bonchev–Trinajstić information content (AvgIpc) is 2.80. The fourth-order valence-corrected chi connectivity index (χ4v) is 3.91. The quantitative estimate of drug-likeness (QED) is 0.866. The zero-order valence-corrected chi connectivity index (χ0v) is 14.4. The van der Waals surface area contributed by atoms with Crippen LogP contribution in [-0.2, 0) is 13.0 Å². The monoisotopic (exact) mass is 347 g/mol. The van der Waals surface area contributed by atoms with Crippen molar-refractivity contribution in [3.8, 4) is 17.6 Å². The lowest BCUT2D eigenvalue weighted by Crippen LogP contribution is -2.26. The van der Waals surface area contributed by atoms with Gasteiger partial charge in [-0.05, 0) is 31.4 Å². The highest BCUT2D eigenvalue weighted by atomic mass is 32.2. The van der Waals surface area contributed by atoms with Crippen molar-refractivity contribution in [2.45, 2.75) is 49.8 Å². The summed E-state index contributed by atoms with van der Waals surface area (Å²) in [7, 11) is 0. The number of halogens is 1. The molecule has 1 N–H and O–H groups in total. The van der Waals surface area contributed by atoms with Crippen LogP contribution < -0.4 is 5.69 Å². The number of imidazole rings is 1. The summed E-state index contributed by atoms with van der Waals surface area (Å²) in [5.74, 6) is -0.899. The number of hydrogen-bond donors (Lipinski definition) is 1. The van der Waals surface area contributed by atoms with E-state index >= 15 is 0 Å². The summed E-state index contributed by atoms with van der Waals surface area (Å²) >= 11 is 1.42. The maximum absolute atomic E-state index is 14.5. The lowest BCUT2D eigenvalue weighted by molar-refractivity contribution is 0.424. The first kappa shape index (κ1) is 16.7. The molecule has 1 aliphatic heterocycles. The topological polar surface area (TPSA) is 70.9 Å². The normalized spacial score (nSPS) is 13.8. The van der Waals surface area contributed by atoms with Gasteiger partial charge in [-0.3, -0.25) is 4.57 Å². The zero-order chi connectivity index (χ0) is 17.4. The van der Waals surface area contributed by atoms with Gasteiger partial charge in [0, 0.05) is 16.7 Å². The molecule has 126 valence electrons. The van der Waals surface area contributed by atoms with Crippen LogP contribution in [0.1, 0.15) is 37.9 Å². The van der Waals surface area contributed by atoms with Crippen LogP contribution in [0.25, 0.3) is 5.69 Å². The van der Waals surface area contributed by atoms with Crippen molar-refractivity contribution in [1.29, 1.82) is 5.26 Å². The molecule has 1 aromatic carbocycles. The van der Waals surface area contributed by atoms with Gasteiger partial charge in [0.25, 0.3) is 0 Å². The van der Waals surface area contributed by atoms with Crippen molar-refractivity contribution < 1.29 is 9.50 Å². The van der Waals surface area contributed by atoms with Gasteiger partial charge in [0.1, 0.15) is 11.9 Å². The van der Waals surface area contributed by atoms with E-state index in [0.717, 1.165) is 23.5 Å². The lowest BCUT2D eigenvalue weighted by Gasteiger charge is -2.12. The van der Waals surface area contributed by atoms with Crippen molar-refractivity contribution in [3.05, 3.63) is 39.7 Å². The fraction of sp³-hybridized carbons (Fsp3) is 0.412. The molecular weight excluding hydrogens is 329 g/mol. The Morgan fingerprint density at radius 2 is 2.12 bits per heavy atom. The molecule has 1 aliphatic rings. The molecule has 0 saturated carbocycles. The van der Waals surface area contributed by atoms with Crippen LogP contribution in [0.3, 0.4) is 0 Å². The number of hydrogen-bond acceptors (Lipinski definition) is 4. The molecule has 0 amide bonds. The second-order valence-electron chi connectivity index (χ2n) is 6.08. The van der Waals surface area contributed by atoms with Crippen LogP contribution in [-0.4, -0.2) is 19.5 Å². The number of benzene rings is 1. The number of rotatable bonds is 3. The second kappa shape index (κ2) is 6.36. The van der Waals surface area contributed by atoms with Gasteiger partial charge in [0.2, 0.25) is 5.88 Å². The van der Waals surface area contributed by atoms with Gasteiger partial charge in [0.05, 0.1) is 16.9 Å². The van der Waals surface area contributed by atoms with Crippen LogP contribution in [0, 0.1) is 17.1 Å². The molecule has 5 nitrogen and oxygen atoms in total. The van der Waals surface area contributed by atoms with Crippen LogP contribution >= 0.6 is 11.8 Å². The van der Waals surface area contributed by atoms with E-state index in [-0.39, 0.29) is 22.4 Å². The van der Waals surface area contributed by atoms with Gasteiger partial charge in [-0.2, -0.15) is 5.26 Å². The summed E-state index contributed by atoms with van der Waals surface area (Å²) in [5, 5.41) is 19.8. The molecule has 0 bridgehead atoms. The van der Waals surface area contributed by atoms with E-state index < -0.39 is 11.5 Å². The predicted octanol–water partition coefficient (Wildman–Crippen LogP) is 3.19. The van der Waals surface area contributed by atoms with E-state index in [2.05, 4.69) is 0 Å². The first-order valence-electron chi connectivity index (χ1n) is 7.88. The number of nitrogens with zero attached hydrogens (tertiary/aromatic N) is 3. The third-order valence-corrected chi connectivity index (χ3v) is 5.10. The van der Waals surface area contributed by atoms with Crippen molar-refractivity contribution >= 4 is 11.8 Å². The third-order valence-electron chi connectivity index (χ3n) is 4.04. The largest absolute Gasteiger partial charge is 0.493 e. The zero-order valence-electron chi connectivity index (χ0n) is 13.5. The van der Waals surface area contributed by atoms with Crippen molar-refractivity contribution in [1.82, 2.24) is 9.13 Å². The molecular formula is C17H18FN3O2S. The molecule has 1 aromatic heterocycles. The van der Waals surface area contributed by atoms with Crippen LogP contribution in [0.15, 0.2) is 21.8 Å². The number of thioether (sulfide) groups is 1. The Balaban J connectivity index is 2.22. The van der Waals surface area contributed by atoms with E-state index in [0.29, 0.717) is 23.6 Å². The standard InChI is InChI=1S/C17H18FN3O2S/c1-10(2)24-15-8-14(12(18)7-11(15)9-19)21-16(22)13-5-3-4-6-20(13)17(21)23/h7-8,10,22H,3-6H2,1-2H3. The average molecular weight is 347 g/mol. The minimum atomic E-state index is -0.694. The summed E-state index contributed by atoms with van der Waals surface area (Å²) in [6.45, 7) is 4.46. The molecule has 2 aromatic rings. The minimum Gasteiger partial charge on any atom is -0.493 e. The molecule has 24 heavy (non-hydrogen) atoms. The lowest BCUT2D eigenvalue weighted by atomic mass is 10.1. The molecule has 7 heteroatoms. The SMILES string of the molecule is CC(C)Sc1cc(-n2c(O)c3n(c2=O)CCCC3)c(F)cc1C#N. The highest BCUT2D eigenvalue weighted by Gasteiger charge is 2.25. The van der Waals surface area contributed by atoms with E-state index in [9.17, 15) is 19.6 Å². The Labute approximate surface area is 143 Å². The number of fused-ring (bicyclic) bond motifs is 1. The fourth-order valence-electron chi connectivity index (χ4n) is 2.99. The Morgan fingerprint density at radius 1 is 1.38 bits per heavy atom. The smallest absolute Gasteiger partial charge is 0.336 e. The molecule has 0 radical (unpaired) electrons. The molecule has 0 spiro atoms. The summed E-state index contributed by atoms with van der Waals surface area (Å²) in [6, 6.07) is 4.59. The van der Waals surface area contributed by atoms with Gasteiger partial charge in [-0.25, -0.2) is 13.8 Å². The molecule has 0 atom stereocenters. The van der Waals surface area contributed by atoms with Gasteiger partial charge < -0.3 is 5.11 Å². The molecule has 2 heterocycles. The maximum atomic E-state index is 14.5. The first-order chi connectivity index (χ1) is 11.4. The van der Waals surface area contributed by atoms with E-state index in [1.807, 2.05) is 19.9 Å². The second-order valence-corrected chi connectivity index (χ2v) is 7.69.